The molecule has 0 unspecified atom stereocenters. The number of anilines is 1. The van der Waals surface area contributed by atoms with Crippen LogP contribution in [0, 0.1) is 6.92 Å². The van der Waals surface area contributed by atoms with Crippen LogP contribution in [0.3, 0.4) is 0 Å². The zero-order valence-electron chi connectivity index (χ0n) is 7.65. The van der Waals surface area contributed by atoms with Crippen LogP contribution < -0.4 is 5.73 Å². The predicted octanol–water partition coefficient (Wildman–Crippen LogP) is 2.89. The molecule has 0 amide bonds. The first kappa shape index (κ1) is 9.76. The molecule has 0 bridgehead atoms. The third kappa shape index (κ3) is 1.58. The minimum Gasteiger partial charge on any atom is -0.398 e. The molecule has 2 aromatic rings. The smallest absolute Gasteiger partial charge is 0.0907 e. The second kappa shape index (κ2) is 3.76. The number of hydrogen-bond donors (Lipinski definition) is 2. The predicted molar refractivity (Wildman–Crippen MR) is 62.7 cm³/mol. The Morgan fingerprint density at radius 1 is 1.57 bits per heavy atom. The molecule has 1 heterocycles. The maximum atomic E-state index is 8.85. The Hall–Kier alpha value is -0.780. The Morgan fingerprint density at radius 2 is 2.36 bits per heavy atom. The molecule has 5 heteroatoms. The number of thiazole rings is 1. The Balaban J connectivity index is 2.68. The molecule has 1 aromatic carbocycles. The van der Waals surface area contributed by atoms with E-state index in [1.54, 1.807) is 11.3 Å². The molecule has 0 fully saturated rings. The van der Waals surface area contributed by atoms with Gasteiger partial charge in [-0.3, -0.25) is 0 Å². The van der Waals surface area contributed by atoms with Gasteiger partial charge in [-0.1, -0.05) is 0 Å². The minimum absolute atomic E-state index is 0.492. The molecule has 3 nitrogen and oxygen atoms in total. The van der Waals surface area contributed by atoms with Gasteiger partial charge in [-0.25, -0.2) is 4.98 Å². The van der Waals surface area contributed by atoms with Crippen LogP contribution in [0.25, 0.3) is 10.2 Å². The van der Waals surface area contributed by atoms with Gasteiger partial charge in [0.1, 0.15) is 0 Å². The Morgan fingerprint density at radius 3 is 3.07 bits per heavy atom. The first-order valence-electron chi connectivity index (χ1n) is 4.13. The van der Waals surface area contributed by atoms with E-state index in [1.165, 1.54) is 0 Å². The van der Waals surface area contributed by atoms with Crippen LogP contribution in [0.4, 0.5) is 5.69 Å². The van der Waals surface area contributed by atoms with Crippen molar-refractivity contribution in [2.24, 2.45) is 0 Å². The van der Waals surface area contributed by atoms with E-state index in [0.717, 1.165) is 32.8 Å². The molecule has 0 atom stereocenters. The van der Waals surface area contributed by atoms with E-state index in [-0.39, 0.29) is 0 Å². The van der Waals surface area contributed by atoms with Crippen molar-refractivity contribution in [2.45, 2.75) is 12.7 Å². The van der Waals surface area contributed by atoms with Crippen LogP contribution in [-0.4, -0.2) is 9.54 Å². The molecule has 0 aliphatic heterocycles. The Labute approximate surface area is 90.2 Å². The Bertz CT molecular complexity index is 467. The molecule has 0 aliphatic carbocycles. The fraction of sp³-hybridized carbons (Fsp3) is 0.222. The van der Waals surface area contributed by atoms with Crippen molar-refractivity contribution in [2.75, 3.05) is 5.73 Å². The summed E-state index contributed by atoms with van der Waals surface area (Å²) in [6.45, 7) is 1.97. The maximum Gasteiger partial charge on any atom is 0.0907 e. The summed E-state index contributed by atoms with van der Waals surface area (Å²) in [7, 11) is 0. The summed E-state index contributed by atoms with van der Waals surface area (Å²) in [5.74, 6) is 0.492. The van der Waals surface area contributed by atoms with Crippen LogP contribution in [-0.2, 0) is 5.75 Å². The highest BCUT2D eigenvalue weighted by Gasteiger charge is 2.09. The Kier molecular flexibility index (Phi) is 2.62. The number of nitrogens with two attached hydrogens (primary N) is 1. The highest BCUT2D eigenvalue weighted by Crippen LogP contribution is 2.30. The lowest BCUT2D eigenvalue weighted by molar-refractivity contribution is 0.663. The maximum absolute atomic E-state index is 8.85. The molecule has 2 rings (SSSR count). The summed E-state index contributed by atoms with van der Waals surface area (Å²) < 4.78 is 9.97. The molecule has 74 valence electrons. The van der Waals surface area contributed by atoms with Crippen molar-refractivity contribution in [1.82, 2.24) is 4.98 Å². The quantitative estimate of drug-likeness (QED) is 0.610. The van der Waals surface area contributed by atoms with Gasteiger partial charge >= 0.3 is 0 Å². The summed E-state index contributed by atoms with van der Waals surface area (Å²) in [6, 6.07) is 3.84. The van der Waals surface area contributed by atoms with E-state index in [0.29, 0.717) is 11.4 Å². The van der Waals surface area contributed by atoms with Gasteiger partial charge in [0.05, 0.1) is 15.2 Å². The first-order valence-corrected chi connectivity index (χ1v) is 5.89. The number of hydrogen-bond acceptors (Lipinski definition) is 5. The van der Waals surface area contributed by atoms with Gasteiger partial charge in [0, 0.05) is 17.0 Å². The van der Waals surface area contributed by atoms with Crippen molar-refractivity contribution in [3.8, 4) is 0 Å². The van der Waals surface area contributed by atoms with Gasteiger partial charge in [0.25, 0.3) is 0 Å². The van der Waals surface area contributed by atoms with Crippen LogP contribution in [0.15, 0.2) is 12.1 Å². The standard InChI is InChI=1S/C9H10N2OS2/c1-5-11-9-6(4-13-12)7(10)2-3-8(9)14-5/h2-3,12H,4,10H2,1H3. The summed E-state index contributed by atoms with van der Waals surface area (Å²) >= 11 is 2.42. The van der Waals surface area contributed by atoms with Crippen LogP contribution >= 0.6 is 23.4 Å². The molecule has 0 aliphatic rings. The minimum atomic E-state index is 0.492. The number of nitrogens with zero attached hydrogens (tertiary/aromatic N) is 1. The second-order valence-electron chi connectivity index (χ2n) is 2.99. The van der Waals surface area contributed by atoms with Crippen LogP contribution in [0.5, 0.6) is 0 Å². The SMILES string of the molecule is Cc1nc2c(CSO)c(N)ccc2s1. The number of rotatable bonds is 2. The summed E-state index contributed by atoms with van der Waals surface area (Å²) in [5, 5.41) is 1.02. The normalized spacial score (nSPS) is 11.0. The lowest BCUT2D eigenvalue weighted by atomic mass is 10.2. The number of aromatic nitrogens is 1. The molecule has 0 spiro atoms. The highest BCUT2D eigenvalue weighted by atomic mass is 32.2. The molecular formula is C9H10N2OS2. The number of fused-ring (bicyclic) bond motifs is 1. The van der Waals surface area contributed by atoms with Crippen molar-refractivity contribution in [3.05, 3.63) is 22.7 Å². The van der Waals surface area contributed by atoms with Crippen molar-refractivity contribution >= 4 is 39.3 Å². The van der Waals surface area contributed by atoms with Crippen LogP contribution in [0.1, 0.15) is 10.6 Å². The summed E-state index contributed by atoms with van der Waals surface area (Å²) in [4.78, 5) is 4.41. The number of nitrogen functional groups attached to an aromatic ring is 1. The van der Waals surface area contributed by atoms with Crippen molar-refractivity contribution in [1.29, 1.82) is 0 Å². The second-order valence-corrected chi connectivity index (χ2v) is 4.77. The molecule has 0 radical (unpaired) electrons. The third-order valence-electron chi connectivity index (χ3n) is 2.02. The highest BCUT2D eigenvalue weighted by molar-refractivity contribution is 7.92. The largest absolute Gasteiger partial charge is 0.398 e. The van der Waals surface area contributed by atoms with Gasteiger partial charge in [0.15, 0.2) is 0 Å². The fourth-order valence-corrected chi connectivity index (χ4v) is 2.68. The molecule has 0 saturated carbocycles. The van der Waals surface area contributed by atoms with E-state index < -0.39 is 0 Å². The van der Waals surface area contributed by atoms with Gasteiger partial charge in [-0.15, -0.1) is 11.3 Å². The van der Waals surface area contributed by atoms with E-state index in [1.807, 2.05) is 19.1 Å². The topological polar surface area (TPSA) is 59.1 Å². The molecular weight excluding hydrogens is 216 g/mol. The van der Waals surface area contributed by atoms with Crippen molar-refractivity contribution < 1.29 is 4.55 Å². The third-order valence-corrected chi connectivity index (χ3v) is 3.37. The van der Waals surface area contributed by atoms with E-state index in [2.05, 4.69) is 4.98 Å². The monoisotopic (exact) mass is 226 g/mol. The molecule has 3 N–H and O–H groups in total. The van der Waals surface area contributed by atoms with Gasteiger partial charge in [0.2, 0.25) is 0 Å². The van der Waals surface area contributed by atoms with Gasteiger partial charge < -0.3 is 10.3 Å². The van der Waals surface area contributed by atoms with Gasteiger partial charge in [-0.05, 0) is 31.1 Å². The number of aryl methyl sites for hydroxylation is 1. The van der Waals surface area contributed by atoms with Gasteiger partial charge in [-0.2, -0.15) is 0 Å². The zero-order chi connectivity index (χ0) is 10.1. The fourth-order valence-electron chi connectivity index (χ4n) is 1.39. The summed E-state index contributed by atoms with van der Waals surface area (Å²) in [5.41, 5.74) is 8.38. The lowest BCUT2D eigenvalue weighted by Crippen LogP contribution is -1.93. The summed E-state index contributed by atoms with van der Waals surface area (Å²) in [6.07, 6.45) is 0. The van der Waals surface area contributed by atoms with E-state index >= 15 is 0 Å². The molecule has 14 heavy (non-hydrogen) atoms. The van der Waals surface area contributed by atoms with E-state index in [9.17, 15) is 0 Å². The molecule has 0 saturated heterocycles. The number of benzene rings is 1. The first-order chi connectivity index (χ1) is 6.72. The molecule has 1 aromatic heterocycles. The zero-order valence-corrected chi connectivity index (χ0v) is 9.28. The lowest BCUT2D eigenvalue weighted by Gasteiger charge is -2.02. The van der Waals surface area contributed by atoms with E-state index in [4.69, 9.17) is 10.3 Å². The average Bonchev–Trinajstić information content (AvgIpc) is 2.51. The average molecular weight is 226 g/mol. The van der Waals surface area contributed by atoms with Crippen LogP contribution in [0.2, 0.25) is 0 Å². The van der Waals surface area contributed by atoms with Crippen molar-refractivity contribution in [3.63, 3.8) is 0 Å².